The summed E-state index contributed by atoms with van der Waals surface area (Å²) in [5.41, 5.74) is 2.08. The summed E-state index contributed by atoms with van der Waals surface area (Å²) in [6.07, 6.45) is 2.00. The number of carbonyl (C=O) groups excluding carboxylic acids is 2. The predicted octanol–water partition coefficient (Wildman–Crippen LogP) is 2.30. The number of nitrogens with zero attached hydrogens (tertiary/aromatic N) is 2. The van der Waals surface area contributed by atoms with E-state index in [1.807, 2.05) is 18.2 Å². The molecule has 0 aliphatic carbocycles. The number of nitrogens with one attached hydrogen (secondary N) is 2. The second-order valence-corrected chi connectivity index (χ2v) is 8.76. The first-order chi connectivity index (χ1) is 15.5. The number of hydrogen-bond acceptors (Lipinski definition) is 4. The van der Waals surface area contributed by atoms with Crippen LogP contribution in [0.25, 0.3) is 0 Å². The summed E-state index contributed by atoms with van der Waals surface area (Å²) in [5, 5.41) is 6.01. The molecule has 2 saturated heterocycles. The van der Waals surface area contributed by atoms with E-state index in [-0.39, 0.29) is 35.8 Å². The zero-order chi connectivity index (χ0) is 22.5. The number of hydrogen-bond donors (Lipinski definition) is 2. The third-order valence-corrected chi connectivity index (χ3v) is 6.69. The van der Waals surface area contributed by atoms with Crippen molar-refractivity contribution in [3.05, 3.63) is 71.5 Å². The Labute approximate surface area is 188 Å². The lowest BCUT2D eigenvalue weighted by atomic mass is 10.0. The lowest BCUT2D eigenvalue weighted by Gasteiger charge is -2.33. The Balaban J connectivity index is 1.31. The molecule has 3 atom stereocenters. The summed E-state index contributed by atoms with van der Waals surface area (Å²) in [5.74, 6) is -0.239. The minimum absolute atomic E-state index is 0.0352. The van der Waals surface area contributed by atoms with Crippen LogP contribution in [0, 0.1) is 5.82 Å². The van der Waals surface area contributed by atoms with E-state index in [0.717, 1.165) is 25.1 Å². The third-order valence-electron chi connectivity index (χ3n) is 6.69. The van der Waals surface area contributed by atoms with Gasteiger partial charge in [0.2, 0.25) is 11.8 Å². The molecule has 6 nitrogen and oxygen atoms in total. The quantitative estimate of drug-likeness (QED) is 0.696. The van der Waals surface area contributed by atoms with Gasteiger partial charge in [0.25, 0.3) is 0 Å². The molecular formula is C25H31FN4O2. The van der Waals surface area contributed by atoms with Crippen molar-refractivity contribution in [2.24, 2.45) is 0 Å². The highest BCUT2D eigenvalue weighted by Crippen LogP contribution is 2.28. The van der Waals surface area contributed by atoms with Crippen LogP contribution in [0.2, 0.25) is 0 Å². The molecule has 32 heavy (non-hydrogen) atoms. The Bertz CT molecular complexity index is 921. The van der Waals surface area contributed by atoms with Crippen molar-refractivity contribution < 1.29 is 14.0 Å². The Hall–Kier alpha value is -2.77. The third kappa shape index (κ3) is 5.34. The highest BCUT2D eigenvalue weighted by atomic mass is 19.1. The minimum Gasteiger partial charge on any atom is -0.353 e. The average molecular weight is 439 g/mol. The molecule has 2 heterocycles. The van der Waals surface area contributed by atoms with E-state index in [2.05, 4.69) is 39.6 Å². The molecule has 3 unspecified atom stereocenters. The number of amides is 2. The predicted molar refractivity (Wildman–Crippen MR) is 121 cm³/mol. The van der Waals surface area contributed by atoms with E-state index < -0.39 is 0 Å². The lowest BCUT2D eigenvalue weighted by Crippen LogP contribution is -2.49. The molecule has 2 aromatic carbocycles. The van der Waals surface area contributed by atoms with E-state index in [9.17, 15) is 14.0 Å². The largest absolute Gasteiger partial charge is 0.353 e. The summed E-state index contributed by atoms with van der Waals surface area (Å²) < 4.78 is 13.0. The second-order valence-electron chi connectivity index (χ2n) is 8.76. The van der Waals surface area contributed by atoms with Crippen molar-refractivity contribution in [2.75, 3.05) is 20.1 Å². The molecule has 0 spiro atoms. The average Bonchev–Trinajstić information content (AvgIpc) is 3.17. The number of carbonyl (C=O) groups is 2. The first kappa shape index (κ1) is 22.4. The van der Waals surface area contributed by atoms with Crippen LogP contribution in [0.4, 0.5) is 4.39 Å². The molecule has 7 heteroatoms. The molecule has 0 saturated carbocycles. The fraction of sp³-hybridized carbons (Fsp3) is 0.440. The van der Waals surface area contributed by atoms with Crippen LogP contribution in [-0.2, 0) is 22.7 Å². The molecule has 170 valence electrons. The van der Waals surface area contributed by atoms with Crippen LogP contribution in [0.15, 0.2) is 54.6 Å². The van der Waals surface area contributed by atoms with Crippen LogP contribution in [-0.4, -0.2) is 59.9 Å². The van der Waals surface area contributed by atoms with Gasteiger partial charge in [-0.25, -0.2) is 4.39 Å². The first-order valence-electron chi connectivity index (χ1n) is 11.3. The highest BCUT2D eigenvalue weighted by Gasteiger charge is 2.44. The fourth-order valence-corrected chi connectivity index (χ4v) is 4.83. The van der Waals surface area contributed by atoms with E-state index in [1.54, 1.807) is 12.1 Å². The topological polar surface area (TPSA) is 64.7 Å². The van der Waals surface area contributed by atoms with Crippen molar-refractivity contribution in [3.8, 4) is 0 Å². The first-order valence-corrected chi connectivity index (χ1v) is 11.3. The van der Waals surface area contributed by atoms with Gasteiger partial charge in [-0.1, -0.05) is 42.5 Å². The van der Waals surface area contributed by atoms with Crippen molar-refractivity contribution in [1.29, 1.82) is 0 Å². The molecule has 2 amide bonds. The molecule has 2 aromatic rings. The van der Waals surface area contributed by atoms with Gasteiger partial charge in [-0.2, -0.15) is 0 Å². The monoisotopic (exact) mass is 438 g/mol. The molecule has 2 fully saturated rings. The Kier molecular flexibility index (Phi) is 7.17. The van der Waals surface area contributed by atoms with Crippen LogP contribution in [0.5, 0.6) is 0 Å². The maximum absolute atomic E-state index is 13.0. The summed E-state index contributed by atoms with van der Waals surface area (Å²) in [7, 11) is 2.07. The van der Waals surface area contributed by atoms with Crippen LogP contribution in [0.1, 0.15) is 30.4 Å². The van der Waals surface area contributed by atoms with E-state index in [1.165, 1.54) is 17.7 Å². The molecule has 4 rings (SSSR count). The zero-order valence-corrected chi connectivity index (χ0v) is 18.5. The lowest BCUT2D eigenvalue weighted by molar-refractivity contribution is -0.126. The van der Waals surface area contributed by atoms with Gasteiger partial charge < -0.3 is 10.6 Å². The number of likely N-dealkylation sites (N-methyl/N-ethyl adjacent to an activating group) is 1. The maximum Gasteiger partial charge on any atom is 0.239 e. The van der Waals surface area contributed by atoms with Gasteiger partial charge in [0.15, 0.2) is 0 Å². The number of halogens is 1. The Morgan fingerprint density at radius 1 is 1.12 bits per heavy atom. The fourth-order valence-electron chi connectivity index (χ4n) is 4.83. The number of benzene rings is 2. The molecule has 2 aliphatic heterocycles. The normalized spacial score (nSPS) is 23.9. The smallest absolute Gasteiger partial charge is 0.239 e. The van der Waals surface area contributed by atoms with Gasteiger partial charge in [-0.3, -0.25) is 19.4 Å². The standard InChI is InChI=1S/C25H31FN4O2/c1-29-21(11-12-23(31)27-15-18-7-9-20(26)10-8-18)16-28-25(32)24-22(29)13-14-30(24)17-19-5-3-2-4-6-19/h2-10,21-22,24H,11-17H2,1H3,(H,27,31)(H,28,32). The second kappa shape index (κ2) is 10.2. The molecule has 0 radical (unpaired) electrons. The van der Waals surface area contributed by atoms with Gasteiger partial charge in [-0.15, -0.1) is 0 Å². The van der Waals surface area contributed by atoms with Crippen LogP contribution < -0.4 is 10.6 Å². The molecule has 0 aromatic heterocycles. The Morgan fingerprint density at radius 2 is 1.88 bits per heavy atom. The van der Waals surface area contributed by atoms with Gasteiger partial charge in [0.1, 0.15) is 11.9 Å². The van der Waals surface area contributed by atoms with Gasteiger partial charge in [-0.05, 0) is 43.1 Å². The van der Waals surface area contributed by atoms with Crippen LogP contribution >= 0.6 is 0 Å². The SMILES string of the molecule is CN1C(CCC(=O)NCc2ccc(F)cc2)CNC(=O)C2C1CCN2Cc1ccccc1. The summed E-state index contributed by atoms with van der Waals surface area (Å²) in [4.78, 5) is 29.9. The number of rotatable bonds is 7. The number of likely N-dealkylation sites (tertiary alicyclic amines) is 1. The van der Waals surface area contributed by atoms with Crippen LogP contribution in [0.3, 0.4) is 0 Å². The van der Waals surface area contributed by atoms with Crippen molar-refractivity contribution in [3.63, 3.8) is 0 Å². The van der Waals surface area contributed by atoms with Gasteiger partial charge in [0.05, 0.1) is 0 Å². The Morgan fingerprint density at radius 3 is 2.62 bits per heavy atom. The molecule has 0 bridgehead atoms. The summed E-state index contributed by atoms with van der Waals surface area (Å²) >= 11 is 0. The van der Waals surface area contributed by atoms with E-state index in [4.69, 9.17) is 0 Å². The zero-order valence-electron chi connectivity index (χ0n) is 18.5. The molecular weight excluding hydrogens is 407 g/mol. The highest BCUT2D eigenvalue weighted by molar-refractivity contribution is 5.83. The minimum atomic E-state index is -0.286. The van der Waals surface area contributed by atoms with Crippen molar-refractivity contribution in [1.82, 2.24) is 20.4 Å². The van der Waals surface area contributed by atoms with E-state index in [0.29, 0.717) is 25.9 Å². The van der Waals surface area contributed by atoms with Gasteiger partial charge >= 0.3 is 0 Å². The maximum atomic E-state index is 13.0. The number of fused-ring (bicyclic) bond motifs is 1. The summed E-state index contributed by atoms with van der Waals surface area (Å²) in [6, 6.07) is 16.5. The van der Waals surface area contributed by atoms with Crippen molar-refractivity contribution >= 4 is 11.8 Å². The van der Waals surface area contributed by atoms with Crippen molar-refractivity contribution in [2.45, 2.75) is 50.5 Å². The molecule has 2 aliphatic rings. The van der Waals surface area contributed by atoms with E-state index >= 15 is 0 Å². The van der Waals surface area contributed by atoms with Gasteiger partial charge in [0, 0.05) is 44.7 Å². The molecule has 2 N–H and O–H groups in total. The summed E-state index contributed by atoms with van der Waals surface area (Å²) in [6.45, 7) is 2.58.